The Hall–Kier alpha value is -2.71. The number of unbranched alkanes of at least 4 members (excludes halogenated alkanes) is 6. The Kier molecular flexibility index (Phi) is 26.1. The van der Waals surface area contributed by atoms with Crippen molar-refractivity contribution in [3.63, 3.8) is 0 Å². The third kappa shape index (κ3) is 25.8. The van der Waals surface area contributed by atoms with Gasteiger partial charge in [0.15, 0.2) is 6.10 Å². The van der Waals surface area contributed by atoms with Crippen molar-refractivity contribution in [1.29, 1.82) is 0 Å². The zero-order valence-electron chi connectivity index (χ0n) is 28.3. The molecule has 44 heavy (non-hydrogen) atoms. The van der Waals surface area contributed by atoms with E-state index in [1.807, 2.05) is 0 Å². The second kappa shape index (κ2) is 27.8. The Morgan fingerprint density at radius 3 is 1.86 bits per heavy atom. The first-order valence-electron chi connectivity index (χ1n) is 16.7. The fourth-order valence-electron chi connectivity index (χ4n) is 4.33. The molecule has 0 aromatic heterocycles. The molecular weight excluding hydrogens is 558 g/mol. The van der Waals surface area contributed by atoms with Gasteiger partial charge in [-0.2, -0.15) is 0 Å². The summed E-state index contributed by atoms with van der Waals surface area (Å²) in [6.45, 7) is 4.37. The molecule has 0 aliphatic heterocycles. The average Bonchev–Trinajstić information content (AvgIpc) is 2.96. The lowest BCUT2D eigenvalue weighted by molar-refractivity contribution is -0.889. The molecular formula is C36H61NO7. The zero-order chi connectivity index (χ0) is 32.9. The summed E-state index contributed by atoms with van der Waals surface area (Å²) in [5, 5.41) is 11.5. The minimum atomic E-state index is -1.14. The first-order valence-corrected chi connectivity index (χ1v) is 16.7. The molecule has 0 spiro atoms. The van der Waals surface area contributed by atoms with E-state index in [0.717, 1.165) is 38.5 Å². The normalized spacial score (nSPS) is 13.8. The van der Waals surface area contributed by atoms with E-state index in [9.17, 15) is 19.5 Å². The highest BCUT2D eigenvalue weighted by Crippen LogP contribution is 2.10. The molecule has 0 N–H and O–H groups in total. The fraction of sp³-hybridized carbons (Fsp3) is 0.694. The number of rotatable bonds is 28. The van der Waals surface area contributed by atoms with Crippen LogP contribution in [-0.4, -0.2) is 75.5 Å². The van der Waals surface area contributed by atoms with Crippen molar-refractivity contribution in [3.8, 4) is 0 Å². The highest BCUT2D eigenvalue weighted by atomic mass is 16.6. The first kappa shape index (κ1) is 41.3. The van der Waals surface area contributed by atoms with Gasteiger partial charge >= 0.3 is 11.9 Å². The van der Waals surface area contributed by atoms with E-state index < -0.39 is 18.1 Å². The van der Waals surface area contributed by atoms with Crippen LogP contribution in [0.4, 0.5) is 0 Å². The number of hydrogen-bond donors (Lipinski definition) is 0. The minimum absolute atomic E-state index is 0.0103. The van der Waals surface area contributed by atoms with E-state index in [-0.39, 0.29) is 55.5 Å². The van der Waals surface area contributed by atoms with Crippen molar-refractivity contribution in [3.05, 3.63) is 48.6 Å². The van der Waals surface area contributed by atoms with E-state index >= 15 is 0 Å². The molecule has 8 nitrogen and oxygen atoms in total. The van der Waals surface area contributed by atoms with Gasteiger partial charge in [-0.3, -0.25) is 9.59 Å². The zero-order valence-corrected chi connectivity index (χ0v) is 28.3. The van der Waals surface area contributed by atoms with E-state index in [0.29, 0.717) is 12.8 Å². The van der Waals surface area contributed by atoms with E-state index in [4.69, 9.17) is 14.2 Å². The maximum absolute atomic E-state index is 12.5. The highest BCUT2D eigenvalue weighted by Gasteiger charge is 2.25. The lowest BCUT2D eigenvalue weighted by Gasteiger charge is -2.34. The third-order valence-electron chi connectivity index (χ3n) is 6.95. The number of likely N-dealkylation sites (N-methyl/N-ethyl adjacent to an activating group) is 1. The number of esters is 2. The summed E-state index contributed by atoms with van der Waals surface area (Å²) in [4.78, 5) is 36.3. The van der Waals surface area contributed by atoms with Crippen molar-refractivity contribution in [2.24, 2.45) is 0 Å². The summed E-state index contributed by atoms with van der Waals surface area (Å²) in [6.07, 6.45) is 28.8. The molecule has 0 heterocycles. The minimum Gasteiger partial charge on any atom is -0.544 e. The van der Waals surface area contributed by atoms with Crippen LogP contribution in [0.2, 0.25) is 0 Å². The van der Waals surface area contributed by atoms with Gasteiger partial charge in [0.05, 0.1) is 40.3 Å². The van der Waals surface area contributed by atoms with Crippen molar-refractivity contribution in [2.45, 2.75) is 122 Å². The van der Waals surface area contributed by atoms with Crippen LogP contribution in [0.3, 0.4) is 0 Å². The highest BCUT2D eigenvalue weighted by molar-refractivity contribution is 5.70. The molecule has 0 radical (unpaired) electrons. The van der Waals surface area contributed by atoms with Gasteiger partial charge in [0.1, 0.15) is 12.6 Å². The predicted octanol–water partition coefficient (Wildman–Crippen LogP) is 6.40. The van der Waals surface area contributed by atoms with Crippen LogP contribution in [0.15, 0.2) is 48.6 Å². The van der Waals surface area contributed by atoms with Gasteiger partial charge in [-0.15, -0.1) is 0 Å². The first-order chi connectivity index (χ1) is 21.1. The molecule has 2 atom stereocenters. The molecule has 0 bridgehead atoms. The number of carboxylic acid groups (broad SMARTS) is 1. The Morgan fingerprint density at radius 2 is 1.27 bits per heavy atom. The lowest BCUT2D eigenvalue weighted by Crippen LogP contribution is -2.55. The van der Waals surface area contributed by atoms with Crippen LogP contribution in [0.25, 0.3) is 0 Å². The number of carboxylic acids is 1. The topological polar surface area (TPSA) is 102 Å². The quantitative estimate of drug-likeness (QED) is 0.0432. The Morgan fingerprint density at radius 1 is 0.705 bits per heavy atom. The molecule has 0 saturated heterocycles. The lowest BCUT2D eigenvalue weighted by atomic mass is 10.1. The number of ether oxygens (including phenoxy) is 3. The molecule has 0 fully saturated rings. The van der Waals surface area contributed by atoms with Crippen molar-refractivity contribution >= 4 is 17.9 Å². The predicted molar refractivity (Wildman–Crippen MR) is 176 cm³/mol. The van der Waals surface area contributed by atoms with Gasteiger partial charge in [-0.1, -0.05) is 81.7 Å². The molecule has 0 aliphatic rings. The number of hydrogen-bond acceptors (Lipinski definition) is 7. The number of allylic oxidation sites excluding steroid dienone is 8. The van der Waals surface area contributed by atoms with Crippen LogP contribution in [0.5, 0.6) is 0 Å². The summed E-state index contributed by atoms with van der Waals surface area (Å²) in [5.74, 6) is -1.86. The SMILES string of the molecule is CC/C=C/C/C=C/C/C=C/CCCC(=O)OC(COCCC(C(=O)[O-])[N+](C)(C)C)COC(=O)CCC/C=C/CCCCCC. The van der Waals surface area contributed by atoms with Crippen LogP contribution in [0.1, 0.15) is 110 Å². The second-order valence-electron chi connectivity index (χ2n) is 12.0. The molecule has 8 heteroatoms. The van der Waals surface area contributed by atoms with E-state index in [1.54, 1.807) is 21.1 Å². The summed E-state index contributed by atoms with van der Waals surface area (Å²) < 4.78 is 16.9. The molecule has 0 amide bonds. The smallest absolute Gasteiger partial charge is 0.306 e. The van der Waals surface area contributed by atoms with Gasteiger partial charge in [-0.25, -0.2) is 0 Å². The summed E-state index contributed by atoms with van der Waals surface area (Å²) in [6, 6.07) is -0.736. The maximum atomic E-state index is 12.5. The molecule has 0 aromatic rings. The maximum Gasteiger partial charge on any atom is 0.306 e. The van der Waals surface area contributed by atoms with Gasteiger partial charge < -0.3 is 28.6 Å². The Labute approximate surface area is 267 Å². The van der Waals surface area contributed by atoms with Crippen molar-refractivity contribution in [2.75, 3.05) is 41.0 Å². The van der Waals surface area contributed by atoms with Crippen LogP contribution in [0, 0.1) is 0 Å². The van der Waals surface area contributed by atoms with E-state index in [2.05, 4.69) is 62.5 Å². The van der Waals surface area contributed by atoms with Gasteiger partial charge in [0.25, 0.3) is 0 Å². The molecule has 0 saturated carbocycles. The summed E-state index contributed by atoms with van der Waals surface area (Å²) in [7, 11) is 5.35. The third-order valence-corrected chi connectivity index (χ3v) is 6.95. The molecule has 0 rings (SSSR count). The number of carbonyl (C=O) groups is 3. The van der Waals surface area contributed by atoms with Crippen molar-refractivity contribution in [1.82, 2.24) is 0 Å². The Balaban J connectivity index is 4.63. The fourth-order valence-corrected chi connectivity index (χ4v) is 4.33. The van der Waals surface area contributed by atoms with Gasteiger partial charge in [-0.05, 0) is 57.8 Å². The van der Waals surface area contributed by atoms with Crippen molar-refractivity contribution < 1.29 is 38.2 Å². The van der Waals surface area contributed by atoms with Gasteiger partial charge in [0.2, 0.25) is 0 Å². The number of carbonyl (C=O) groups excluding carboxylic acids is 3. The molecule has 2 unspecified atom stereocenters. The standard InChI is InChI=1S/C36H61NO7/c1-6-8-10-12-14-16-17-19-21-23-25-27-35(39)44-32(30-42-29-28-33(36(40)41)37(3,4)5)31-43-34(38)26-24-22-20-18-15-13-11-9-7-2/h8,10,14,16,18-21,32-33H,6-7,9,11-13,15,17,22-31H2,1-5H3/b10-8+,16-14+,20-18+,21-19+. The summed E-state index contributed by atoms with van der Waals surface area (Å²) in [5.41, 5.74) is 0. The molecule has 0 aromatic carbocycles. The Bertz CT molecular complexity index is 870. The molecule has 0 aliphatic carbocycles. The number of aliphatic carboxylic acids is 1. The second-order valence-corrected chi connectivity index (χ2v) is 12.0. The number of quaternary nitrogens is 1. The van der Waals surface area contributed by atoms with Crippen LogP contribution < -0.4 is 5.11 Å². The van der Waals surface area contributed by atoms with Crippen LogP contribution in [-0.2, 0) is 28.6 Å². The van der Waals surface area contributed by atoms with E-state index in [1.165, 1.54) is 25.7 Å². The number of nitrogens with zero attached hydrogens (tertiary/aromatic N) is 1. The molecule has 252 valence electrons. The monoisotopic (exact) mass is 619 g/mol. The largest absolute Gasteiger partial charge is 0.544 e. The summed E-state index contributed by atoms with van der Waals surface area (Å²) >= 11 is 0. The average molecular weight is 620 g/mol. The van der Waals surface area contributed by atoms with Gasteiger partial charge in [0, 0.05) is 19.3 Å². The van der Waals surface area contributed by atoms with Crippen LogP contribution >= 0.6 is 0 Å².